The first-order valence-electron chi connectivity index (χ1n) is 5.44. The number of rotatable bonds is 4. The van der Waals surface area contributed by atoms with E-state index in [1.807, 2.05) is 13.0 Å². The van der Waals surface area contributed by atoms with E-state index in [-0.39, 0.29) is 11.9 Å². The number of carbonyl (C=O) groups is 1. The van der Waals surface area contributed by atoms with Crippen LogP contribution in [0.15, 0.2) is 18.3 Å². The van der Waals surface area contributed by atoms with Gasteiger partial charge in [0.1, 0.15) is 11.9 Å². The number of nitrogens with two attached hydrogens (primary N) is 1. The van der Waals surface area contributed by atoms with Crippen LogP contribution in [-0.2, 0) is 4.79 Å². The first kappa shape index (κ1) is 10.7. The first-order chi connectivity index (χ1) is 7.66. The predicted molar refractivity (Wildman–Crippen MR) is 62.9 cm³/mol. The lowest BCUT2D eigenvalue weighted by Gasteiger charge is -2.15. The Morgan fingerprint density at radius 3 is 3.00 bits per heavy atom. The second-order valence-corrected chi connectivity index (χ2v) is 4.09. The molecule has 0 radical (unpaired) electrons. The molecular weight excluding hydrogens is 204 g/mol. The molecule has 5 heteroatoms. The van der Waals surface area contributed by atoms with Gasteiger partial charge in [0.2, 0.25) is 5.91 Å². The molecule has 0 aromatic carbocycles. The quantitative estimate of drug-likeness (QED) is 0.699. The van der Waals surface area contributed by atoms with Crippen molar-refractivity contribution in [3.63, 3.8) is 0 Å². The van der Waals surface area contributed by atoms with Crippen LogP contribution in [0.1, 0.15) is 19.8 Å². The number of carbonyl (C=O) groups excluding carboxylic acids is 1. The average Bonchev–Trinajstić information content (AvgIpc) is 3.05. The molecular formula is C11H16N4O. The third-order valence-corrected chi connectivity index (χ3v) is 2.53. The van der Waals surface area contributed by atoms with Gasteiger partial charge in [-0.15, -0.1) is 0 Å². The Labute approximate surface area is 94.4 Å². The first-order valence-corrected chi connectivity index (χ1v) is 5.44. The Morgan fingerprint density at radius 2 is 2.38 bits per heavy atom. The third-order valence-electron chi connectivity index (χ3n) is 2.53. The molecule has 1 aliphatic carbocycles. The molecule has 5 nitrogen and oxygen atoms in total. The van der Waals surface area contributed by atoms with E-state index < -0.39 is 0 Å². The third kappa shape index (κ3) is 2.62. The van der Waals surface area contributed by atoms with Crippen LogP contribution < -0.4 is 16.4 Å². The van der Waals surface area contributed by atoms with Crippen LogP contribution in [0.25, 0.3) is 0 Å². The van der Waals surface area contributed by atoms with Crippen LogP contribution in [0.2, 0.25) is 0 Å². The molecule has 1 amide bonds. The molecule has 1 unspecified atom stereocenters. The van der Waals surface area contributed by atoms with Gasteiger partial charge >= 0.3 is 0 Å². The van der Waals surface area contributed by atoms with E-state index in [0.29, 0.717) is 17.5 Å². The van der Waals surface area contributed by atoms with Crippen molar-refractivity contribution in [1.82, 2.24) is 10.3 Å². The summed E-state index contributed by atoms with van der Waals surface area (Å²) in [5.74, 6) is 0.416. The molecule has 0 saturated heterocycles. The number of hydrogen-bond acceptors (Lipinski definition) is 4. The van der Waals surface area contributed by atoms with E-state index in [2.05, 4.69) is 15.6 Å². The summed E-state index contributed by atoms with van der Waals surface area (Å²) in [6, 6.07) is 3.67. The SMILES string of the molecule is CC(Nc1cccnc1N)C(=O)NC1CC1. The highest BCUT2D eigenvalue weighted by Crippen LogP contribution is 2.19. The highest BCUT2D eigenvalue weighted by Gasteiger charge is 2.25. The summed E-state index contributed by atoms with van der Waals surface area (Å²) in [4.78, 5) is 15.6. The van der Waals surface area contributed by atoms with Crippen molar-refractivity contribution >= 4 is 17.4 Å². The lowest BCUT2D eigenvalue weighted by Crippen LogP contribution is -2.38. The zero-order valence-electron chi connectivity index (χ0n) is 9.23. The summed E-state index contributed by atoms with van der Waals surface area (Å²) >= 11 is 0. The maximum absolute atomic E-state index is 11.7. The topological polar surface area (TPSA) is 80.0 Å². The lowest BCUT2D eigenvalue weighted by atomic mass is 10.2. The Kier molecular flexibility index (Phi) is 2.94. The van der Waals surface area contributed by atoms with Gasteiger partial charge in [-0.2, -0.15) is 0 Å². The molecule has 0 aliphatic heterocycles. The Bertz CT molecular complexity index is 389. The minimum atomic E-state index is -0.299. The van der Waals surface area contributed by atoms with Crippen LogP contribution >= 0.6 is 0 Å². The molecule has 2 rings (SSSR count). The molecule has 1 aromatic heterocycles. The van der Waals surface area contributed by atoms with Gasteiger partial charge in [-0.25, -0.2) is 4.98 Å². The Balaban J connectivity index is 1.92. The second-order valence-electron chi connectivity index (χ2n) is 4.09. The summed E-state index contributed by atoms with van der Waals surface area (Å²) in [6.45, 7) is 1.81. The molecule has 0 spiro atoms. The molecule has 86 valence electrons. The normalized spacial score (nSPS) is 16.6. The summed E-state index contributed by atoms with van der Waals surface area (Å²) in [5, 5.41) is 5.97. The summed E-state index contributed by atoms with van der Waals surface area (Å²) < 4.78 is 0. The molecule has 1 aliphatic rings. The van der Waals surface area contributed by atoms with Crippen molar-refractivity contribution in [3.05, 3.63) is 18.3 Å². The smallest absolute Gasteiger partial charge is 0.242 e. The van der Waals surface area contributed by atoms with Crippen molar-refractivity contribution in [2.24, 2.45) is 0 Å². The van der Waals surface area contributed by atoms with Crippen LogP contribution in [0.3, 0.4) is 0 Å². The zero-order chi connectivity index (χ0) is 11.5. The zero-order valence-corrected chi connectivity index (χ0v) is 9.23. The molecule has 4 N–H and O–H groups in total. The van der Waals surface area contributed by atoms with E-state index in [1.165, 1.54) is 0 Å². The minimum Gasteiger partial charge on any atom is -0.382 e. The number of pyridine rings is 1. The monoisotopic (exact) mass is 220 g/mol. The number of nitrogen functional groups attached to an aromatic ring is 1. The van der Waals surface area contributed by atoms with Crippen molar-refractivity contribution in [3.8, 4) is 0 Å². The number of nitrogens with zero attached hydrogens (tertiary/aromatic N) is 1. The largest absolute Gasteiger partial charge is 0.382 e. The summed E-state index contributed by atoms with van der Waals surface area (Å²) in [6.07, 6.45) is 3.80. The van der Waals surface area contributed by atoms with E-state index in [9.17, 15) is 4.79 Å². The van der Waals surface area contributed by atoms with Gasteiger partial charge in [0.15, 0.2) is 0 Å². The number of aromatic nitrogens is 1. The van der Waals surface area contributed by atoms with Crippen LogP contribution in [0.4, 0.5) is 11.5 Å². The van der Waals surface area contributed by atoms with Crippen molar-refractivity contribution in [1.29, 1.82) is 0 Å². The molecule has 0 bridgehead atoms. The highest BCUT2D eigenvalue weighted by molar-refractivity contribution is 5.85. The molecule has 1 heterocycles. The van der Waals surface area contributed by atoms with Gasteiger partial charge in [-0.1, -0.05) is 0 Å². The second kappa shape index (κ2) is 4.38. The number of nitrogens with one attached hydrogen (secondary N) is 2. The van der Waals surface area contributed by atoms with E-state index in [4.69, 9.17) is 5.73 Å². The fourth-order valence-corrected chi connectivity index (χ4v) is 1.39. The van der Waals surface area contributed by atoms with Gasteiger partial charge in [0, 0.05) is 12.2 Å². The fraction of sp³-hybridized carbons (Fsp3) is 0.455. The van der Waals surface area contributed by atoms with Gasteiger partial charge in [-0.05, 0) is 31.9 Å². The van der Waals surface area contributed by atoms with Crippen LogP contribution in [0, 0.1) is 0 Å². The minimum absolute atomic E-state index is 0.00533. The van der Waals surface area contributed by atoms with Gasteiger partial charge in [-0.3, -0.25) is 4.79 Å². The summed E-state index contributed by atoms with van der Waals surface area (Å²) in [7, 11) is 0. The number of amides is 1. The fourth-order valence-electron chi connectivity index (χ4n) is 1.39. The number of anilines is 2. The highest BCUT2D eigenvalue weighted by atomic mass is 16.2. The van der Waals surface area contributed by atoms with Crippen LogP contribution in [0.5, 0.6) is 0 Å². The molecule has 1 aromatic rings. The molecule has 16 heavy (non-hydrogen) atoms. The number of hydrogen-bond donors (Lipinski definition) is 3. The van der Waals surface area contributed by atoms with E-state index in [1.54, 1.807) is 12.3 Å². The molecule has 1 saturated carbocycles. The van der Waals surface area contributed by atoms with Crippen LogP contribution in [-0.4, -0.2) is 23.0 Å². The molecule has 1 atom stereocenters. The molecule has 1 fully saturated rings. The standard InChI is InChI=1S/C11H16N4O/c1-7(11(16)15-8-4-5-8)14-9-3-2-6-13-10(9)12/h2-3,6-8,14H,4-5H2,1H3,(H2,12,13)(H,15,16). The van der Waals surface area contributed by atoms with Gasteiger partial charge < -0.3 is 16.4 Å². The summed E-state index contributed by atoms with van der Waals surface area (Å²) in [5.41, 5.74) is 6.37. The van der Waals surface area contributed by atoms with Crippen molar-refractivity contribution in [2.45, 2.75) is 31.8 Å². The van der Waals surface area contributed by atoms with Gasteiger partial charge in [0.25, 0.3) is 0 Å². The predicted octanol–water partition coefficient (Wildman–Crippen LogP) is 0.743. The Morgan fingerprint density at radius 1 is 1.62 bits per heavy atom. The van der Waals surface area contributed by atoms with Crippen molar-refractivity contribution < 1.29 is 4.79 Å². The average molecular weight is 220 g/mol. The van der Waals surface area contributed by atoms with E-state index in [0.717, 1.165) is 12.8 Å². The Hall–Kier alpha value is -1.78. The lowest BCUT2D eigenvalue weighted by molar-refractivity contribution is -0.121. The maximum Gasteiger partial charge on any atom is 0.242 e. The van der Waals surface area contributed by atoms with Crippen molar-refractivity contribution in [2.75, 3.05) is 11.1 Å². The van der Waals surface area contributed by atoms with E-state index >= 15 is 0 Å². The van der Waals surface area contributed by atoms with Gasteiger partial charge in [0.05, 0.1) is 5.69 Å². The maximum atomic E-state index is 11.7.